The normalized spacial score (nSPS) is 10.0. The van der Waals surface area contributed by atoms with Gasteiger partial charge in [0.05, 0.1) is 13.2 Å². The highest BCUT2D eigenvalue weighted by Crippen LogP contribution is 1.95. The smallest absolute Gasteiger partial charge is 0.356 e. The van der Waals surface area contributed by atoms with Gasteiger partial charge in [-0.3, -0.25) is 14.7 Å². The Kier molecular flexibility index (Phi) is 4.50. The molecule has 1 heterocycles. The fourth-order valence-electron chi connectivity index (χ4n) is 1.20. The fraction of sp³-hybridized carbons (Fsp3) is 0.500. The zero-order valence-electron chi connectivity index (χ0n) is 9.69. The van der Waals surface area contributed by atoms with Gasteiger partial charge in [-0.1, -0.05) is 0 Å². The fourth-order valence-corrected chi connectivity index (χ4v) is 1.20. The zero-order valence-corrected chi connectivity index (χ0v) is 9.69. The Morgan fingerprint density at radius 1 is 1.29 bits per heavy atom. The molecule has 0 aliphatic carbocycles. The molecule has 0 fully saturated rings. The largest absolute Gasteiger partial charge is 0.465 e. The van der Waals surface area contributed by atoms with Crippen LogP contribution in [0.3, 0.4) is 0 Å². The van der Waals surface area contributed by atoms with Crippen molar-refractivity contribution in [3.8, 4) is 0 Å². The molecule has 0 amide bonds. The second-order valence-electron chi connectivity index (χ2n) is 3.12. The van der Waals surface area contributed by atoms with Crippen LogP contribution in [0.1, 0.15) is 24.3 Å². The Balaban J connectivity index is 2.78. The van der Waals surface area contributed by atoms with Crippen LogP contribution in [-0.2, 0) is 20.8 Å². The molecule has 7 nitrogen and oxygen atoms in total. The number of hydrogen-bond acceptors (Lipinski definition) is 5. The van der Waals surface area contributed by atoms with Gasteiger partial charge in [0.2, 0.25) is 0 Å². The van der Waals surface area contributed by atoms with Crippen LogP contribution in [0.5, 0.6) is 0 Å². The first-order valence-electron chi connectivity index (χ1n) is 5.21. The molecule has 7 heteroatoms. The van der Waals surface area contributed by atoms with Gasteiger partial charge in [-0.05, 0) is 13.8 Å². The molecule has 0 saturated heterocycles. The highest BCUT2D eigenvalue weighted by molar-refractivity contribution is 5.87. The predicted octanol–water partition coefficient (Wildman–Crippen LogP) is -0.0838. The van der Waals surface area contributed by atoms with Crippen LogP contribution in [0.4, 0.5) is 0 Å². The summed E-state index contributed by atoms with van der Waals surface area (Å²) in [6.07, 6.45) is 0. The summed E-state index contributed by atoms with van der Waals surface area (Å²) in [6, 6.07) is 1.08. The summed E-state index contributed by atoms with van der Waals surface area (Å²) in [7, 11) is 0. The lowest BCUT2D eigenvalue weighted by Crippen LogP contribution is -2.23. The minimum Gasteiger partial charge on any atom is -0.465 e. The van der Waals surface area contributed by atoms with Crippen molar-refractivity contribution < 1.29 is 19.1 Å². The molecular weight excluding hydrogens is 228 g/mol. The molecule has 17 heavy (non-hydrogen) atoms. The van der Waals surface area contributed by atoms with Crippen molar-refractivity contribution in [1.29, 1.82) is 0 Å². The number of rotatable bonds is 5. The minimum atomic E-state index is -0.632. The number of nitrogens with zero attached hydrogens (tertiary/aromatic N) is 1. The molecule has 1 aromatic heterocycles. The lowest BCUT2D eigenvalue weighted by molar-refractivity contribution is -0.144. The monoisotopic (exact) mass is 242 g/mol. The number of H-pyrrole nitrogens is 1. The third kappa shape index (κ3) is 3.47. The zero-order chi connectivity index (χ0) is 12.8. The number of carbonyl (C=O) groups is 2. The van der Waals surface area contributed by atoms with Crippen molar-refractivity contribution in [2.75, 3.05) is 13.2 Å². The third-order valence-corrected chi connectivity index (χ3v) is 1.88. The maximum Gasteiger partial charge on any atom is 0.356 e. The summed E-state index contributed by atoms with van der Waals surface area (Å²) < 4.78 is 10.4. The van der Waals surface area contributed by atoms with Crippen LogP contribution in [0.25, 0.3) is 0 Å². The van der Waals surface area contributed by atoms with Gasteiger partial charge in [0.1, 0.15) is 12.2 Å². The molecular formula is C10H14N2O5. The highest BCUT2D eigenvalue weighted by atomic mass is 16.5. The van der Waals surface area contributed by atoms with Crippen LogP contribution in [0.15, 0.2) is 10.9 Å². The molecule has 1 N–H and O–H groups in total. The average Bonchev–Trinajstić information content (AvgIpc) is 2.61. The molecule has 94 valence electrons. The molecule has 0 aliphatic rings. The van der Waals surface area contributed by atoms with Crippen LogP contribution in [0, 0.1) is 0 Å². The first-order chi connectivity index (χ1) is 8.08. The van der Waals surface area contributed by atoms with E-state index in [4.69, 9.17) is 4.74 Å². The summed E-state index contributed by atoms with van der Waals surface area (Å²) in [6.45, 7) is 3.51. The third-order valence-electron chi connectivity index (χ3n) is 1.88. The Bertz CT molecular complexity index is 460. The van der Waals surface area contributed by atoms with Crippen LogP contribution in [-0.4, -0.2) is 34.9 Å². The number of aromatic nitrogens is 2. The Morgan fingerprint density at radius 2 is 1.94 bits per heavy atom. The van der Waals surface area contributed by atoms with E-state index in [-0.39, 0.29) is 25.5 Å². The second kappa shape index (κ2) is 5.88. The van der Waals surface area contributed by atoms with Gasteiger partial charge >= 0.3 is 11.9 Å². The molecule has 0 atom stereocenters. The second-order valence-corrected chi connectivity index (χ2v) is 3.12. The molecule has 1 aromatic rings. The van der Waals surface area contributed by atoms with Gasteiger partial charge in [0.25, 0.3) is 5.56 Å². The van der Waals surface area contributed by atoms with Crippen molar-refractivity contribution in [2.24, 2.45) is 0 Å². The molecule has 0 aromatic carbocycles. The number of carbonyl (C=O) groups excluding carboxylic acids is 2. The van der Waals surface area contributed by atoms with Gasteiger partial charge in [0, 0.05) is 6.07 Å². The Labute approximate surface area is 97.3 Å². The molecule has 0 radical (unpaired) electrons. The van der Waals surface area contributed by atoms with E-state index in [9.17, 15) is 14.4 Å². The van der Waals surface area contributed by atoms with Crippen molar-refractivity contribution in [3.63, 3.8) is 0 Å². The molecule has 0 aliphatic heterocycles. The minimum absolute atomic E-state index is 0.0150. The van der Waals surface area contributed by atoms with Crippen molar-refractivity contribution in [3.05, 3.63) is 22.1 Å². The summed E-state index contributed by atoms with van der Waals surface area (Å²) >= 11 is 0. The number of esters is 2. The maximum absolute atomic E-state index is 11.4. The SMILES string of the molecule is CCOC(=O)Cn1[nH]c(C(=O)OCC)cc1=O. The van der Waals surface area contributed by atoms with E-state index < -0.39 is 17.5 Å². The Morgan fingerprint density at radius 3 is 2.53 bits per heavy atom. The summed E-state index contributed by atoms with van der Waals surface area (Å²) in [5.41, 5.74) is -0.470. The average molecular weight is 242 g/mol. The molecule has 0 saturated carbocycles. The Hall–Kier alpha value is -2.05. The van der Waals surface area contributed by atoms with Gasteiger partial charge in [-0.2, -0.15) is 0 Å². The summed E-state index contributed by atoms with van der Waals surface area (Å²) in [5, 5.41) is 2.48. The molecule has 0 spiro atoms. The number of hydrogen-bond donors (Lipinski definition) is 1. The van der Waals surface area contributed by atoms with E-state index in [1.165, 1.54) is 0 Å². The number of nitrogens with one attached hydrogen (secondary N) is 1. The maximum atomic E-state index is 11.4. The van der Waals surface area contributed by atoms with E-state index in [0.717, 1.165) is 10.7 Å². The van der Waals surface area contributed by atoms with E-state index in [1.807, 2.05) is 0 Å². The van der Waals surface area contributed by atoms with E-state index >= 15 is 0 Å². The topological polar surface area (TPSA) is 90.4 Å². The predicted molar refractivity (Wildman–Crippen MR) is 57.6 cm³/mol. The number of aromatic amines is 1. The van der Waals surface area contributed by atoms with E-state index in [2.05, 4.69) is 9.84 Å². The van der Waals surface area contributed by atoms with E-state index in [0.29, 0.717) is 0 Å². The first-order valence-corrected chi connectivity index (χ1v) is 5.21. The van der Waals surface area contributed by atoms with Gasteiger partial charge in [-0.25, -0.2) is 9.48 Å². The van der Waals surface area contributed by atoms with Gasteiger partial charge < -0.3 is 9.47 Å². The van der Waals surface area contributed by atoms with Crippen molar-refractivity contribution in [1.82, 2.24) is 9.78 Å². The lowest BCUT2D eigenvalue weighted by Gasteiger charge is -2.02. The van der Waals surface area contributed by atoms with Crippen LogP contribution < -0.4 is 5.56 Å². The molecule has 0 bridgehead atoms. The number of ether oxygens (including phenoxy) is 2. The molecule has 1 rings (SSSR count). The van der Waals surface area contributed by atoms with Gasteiger partial charge in [0.15, 0.2) is 0 Å². The first kappa shape index (κ1) is 13.0. The van der Waals surface area contributed by atoms with Crippen molar-refractivity contribution in [2.45, 2.75) is 20.4 Å². The van der Waals surface area contributed by atoms with Crippen LogP contribution >= 0.6 is 0 Å². The van der Waals surface area contributed by atoms with E-state index in [1.54, 1.807) is 13.8 Å². The standard InChI is InChI=1S/C10H14N2O5/c1-3-16-9(14)6-12-8(13)5-7(11-12)10(15)17-4-2/h5,11H,3-4,6H2,1-2H3. The van der Waals surface area contributed by atoms with Crippen LogP contribution in [0.2, 0.25) is 0 Å². The summed E-state index contributed by atoms with van der Waals surface area (Å²) in [4.78, 5) is 33.9. The highest BCUT2D eigenvalue weighted by Gasteiger charge is 2.13. The van der Waals surface area contributed by atoms with Crippen molar-refractivity contribution >= 4 is 11.9 Å². The summed E-state index contributed by atoms with van der Waals surface area (Å²) in [5.74, 6) is -1.18. The lowest BCUT2D eigenvalue weighted by atomic mass is 10.4. The molecule has 0 unspecified atom stereocenters. The quantitative estimate of drug-likeness (QED) is 0.729. The van der Waals surface area contributed by atoms with Gasteiger partial charge in [-0.15, -0.1) is 0 Å².